The first-order valence-corrected chi connectivity index (χ1v) is 10.7. The Labute approximate surface area is 187 Å². The summed E-state index contributed by atoms with van der Waals surface area (Å²) in [7, 11) is 1.69. The lowest BCUT2D eigenvalue weighted by Crippen LogP contribution is -2.34. The highest BCUT2D eigenvalue weighted by Gasteiger charge is 2.33. The normalized spacial score (nSPS) is 16.5. The zero-order chi connectivity index (χ0) is 22.2. The highest BCUT2D eigenvalue weighted by atomic mass is 16.5. The van der Waals surface area contributed by atoms with Gasteiger partial charge in [-0.15, -0.1) is 0 Å². The molecule has 0 spiro atoms. The van der Waals surface area contributed by atoms with Crippen LogP contribution >= 0.6 is 0 Å². The third-order valence-corrected chi connectivity index (χ3v) is 5.93. The number of Topliss-reactive ketones (excluding diaryl/α,β-unsaturated/α-hetero) is 1. The second-order valence-corrected chi connectivity index (χ2v) is 8.14. The number of methoxy groups -OCH3 is 1. The fraction of sp³-hybridized carbons (Fsp3) is 0.269. The fourth-order valence-corrected chi connectivity index (χ4v) is 4.29. The molecular formula is C26H25NO5. The quantitative estimate of drug-likeness (QED) is 0.535. The van der Waals surface area contributed by atoms with Gasteiger partial charge in [0.2, 0.25) is 5.78 Å². The van der Waals surface area contributed by atoms with Gasteiger partial charge < -0.3 is 18.6 Å². The van der Waals surface area contributed by atoms with Crippen LogP contribution in [0.15, 0.2) is 52.6 Å². The van der Waals surface area contributed by atoms with Crippen LogP contribution in [-0.4, -0.2) is 31.1 Å². The number of aryl methyl sites for hydroxylation is 1. The number of ketones is 1. The zero-order valence-corrected chi connectivity index (χ0v) is 18.4. The monoisotopic (exact) mass is 431 g/mol. The number of carbonyl (C=O) groups is 1. The molecule has 0 atom stereocenters. The first-order valence-electron chi connectivity index (χ1n) is 10.7. The van der Waals surface area contributed by atoms with Crippen molar-refractivity contribution in [1.82, 2.24) is 4.90 Å². The van der Waals surface area contributed by atoms with Crippen LogP contribution in [0, 0.1) is 13.8 Å². The number of ether oxygens (including phenoxy) is 3. The molecule has 0 bridgehead atoms. The molecule has 164 valence electrons. The lowest BCUT2D eigenvalue weighted by Gasteiger charge is -2.30. The molecule has 3 heterocycles. The number of hydrogen-bond acceptors (Lipinski definition) is 6. The molecule has 0 N–H and O–H groups in total. The Morgan fingerprint density at radius 2 is 1.97 bits per heavy atom. The van der Waals surface area contributed by atoms with Gasteiger partial charge in [-0.25, -0.2) is 0 Å². The van der Waals surface area contributed by atoms with Gasteiger partial charge in [-0.1, -0.05) is 18.2 Å². The van der Waals surface area contributed by atoms with Gasteiger partial charge in [0.1, 0.15) is 35.5 Å². The molecule has 0 fully saturated rings. The van der Waals surface area contributed by atoms with E-state index < -0.39 is 0 Å². The van der Waals surface area contributed by atoms with Crippen molar-refractivity contribution in [2.24, 2.45) is 0 Å². The van der Waals surface area contributed by atoms with Gasteiger partial charge in [-0.2, -0.15) is 0 Å². The van der Waals surface area contributed by atoms with E-state index in [1.807, 2.05) is 50.2 Å². The zero-order valence-electron chi connectivity index (χ0n) is 18.4. The Bertz CT molecular complexity index is 1220. The third kappa shape index (κ3) is 3.67. The number of para-hydroxylation sites is 1. The summed E-state index contributed by atoms with van der Waals surface area (Å²) in [6, 6.07) is 13.6. The number of furan rings is 1. The van der Waals surface area contributed by atoms with E-state index in [1.54, 1.807) is 13.2 Å². The molecular weight excluding hydrogens is 406 g/mol. The predicted molar refractivity (Wildman–Crippen MR) is 120 cm³/mol. The Morgan fingerprint density at radius 3 is 2.75 bits per heavy atom. The second-order valence-electron chi connectivity index (χ2n) is 8.14. The molecule has 6 heteroatoms. The van der Waals surface area contributed by atoms with Crippen LogP contribution in [0.4, 0.5) is 0 Å². The van der Waals surface area contributed by atoms with Gasteiger partial charge in [0.05, 0.1) is 12.7 Å². The van der Waals surface area contributed by atoms with Gasteiger partial charge in [-0.3, -0.25) is 9.69 Å². The van der Waals surface area contributed by atoms with E-state index in [-0.39, 0.29) is 11.5 Å². The molecule has 2 aliphatic rings. The van der Waals surface area contributed by atoms with Crippen LogP contribution < -0.4 is 14.2 Å². The molecule has 0 amide bonds. The Morgan fingerprint density at radius 1 is 1.12 bits per heavy atom. The lowest BCUT2D eigenvalue weighted by atomic mass is 10.00. The Kier molecular flexibility index (Phi) is 5.23. The van der Waals surface area contributed by atoms with Crippen molar-refractivity contribution >= 4 is 11.9 Å². The van der Waals surface area contributed by atoms with E-state index in [0.717, 1.165) is 46.9 Å². The van der Waals surface area contributed by atoms with E-state index in [1.165, 1.54) is 0 Å². The van der Waals surface area contributed by atoms with E-state index in [2.05, 4.69) is 11.0 Å². The number of fused-ring (bicyclic) bond motifs is 2. The van der Waals surface area contributed by atoms with Crippen LogP contribution in [0.25, 0.3) is 6.08 Å². The number of hydrogen-bond donors (Lipinski definition) is 0. The maximum atomic E-state index is 13.0. The van der Waals surface area contributed by atoms with Gasteiger partial charge in [0, 0.05) is 30.3 Å². The van der Waals surface area contributed by atoms with Crippen molar-refractivity contribution in [3.63, 3.8) is 0 Å². The van der Waals surface area contributed by atoms with Crippen molar-refractivity contribution in [2.75, 3.05) is 20.4 Å². The third-order valence-electron chi connectivity index (χ3n) is 5.93. The average Bonchev–Trinajstić information content (AvgIpc) is 3.35. The van der Waals surface area contributed by atoms with E-state index in [0.29, 0.717) is 30.3 Å². The first kappa shape index (κ1) is 20.4. The minimum atomic E-state index is -0.133. The molecule has 0 unspecified atom stereocenters. The standard InChI is InChI=1S/C26H25NO5/c1-16-8-9-20(31-16)13-23-24(28)21-12-19-14-27(15-30-25(19)17(2)26(21)32-23)11-10-18-6-4-5-7-22(18)29-3/h4-9,12-13H,10-11,14-15H2,1-3H3/b23-13-. The second kappa shape index (κ2) is 8.20. The Balaban J connectivity index is 1.35. The van der Waals surface area contributed by atoms with Crippen molar-refractivity contribution in [3.05, 3.63) is 82.0 Å². The van der Waals surface area contributed by atoms with Crippen molar-refractivity contribution in [1.29, 1.82) is 0 Å². The largest absolute Gasteiger partial charge is 0.496 e. The van der Waals surface area contributed by atoms with Crippen LogP contribution in [0.3, 0.4) is 0 Å². The van der Waals surface area contributed by atoms with E-state index >= 15 is 0 Å². The number of rotatable bonds is 5. The minimum absolute atomic E-state index is 0.133. The summed E-state index contributed by atoms with van der Waals surface area (Å²) < 4.78 is 23.1. The molecule has 0 saturated heterocycles. The van der Waals surface area contributed by atoms with Crippen LogP contribution in [0.1, 0.15) is 38.6 Å². The lowest BCUT2D eigenvalue weighted by molar-refractivity contribution is 0.0952. The van der Waals surface area contributed by atoms with Gasteiger partial charge in [0.15, 0.2) is 5.76 Å². The van der Waals surface area contributed by atoms with E-state index in [4.69, 9.17) is 18.6 Å². The van der Waals surface area contributed by atoms with Gasteiger partial charge in [0.25, 0.3) is 0 Å². The molecule has 0 saturated carbocycles. The molecule has 0 radical (unpaired) electrons. The summed E-state index contributed by atoms with van der Waals surface area (Å²) in [5, 5.41) is 0. The topological polar surface area (TPSA) is 61.1 Å². The summed E-state index contributed by atoms with van der Waals surface area (Å²) in [6.45, 7) is 5.83. The van der Waals surface area contributed by atoms with Crippen LogP contribution in [0.5, 0.6) is 17.2 Å². The van der Waals surface area contributed by atoms with Crippen molar-refractivity contribution < 1.29 is 23.4 Å². The summed E-state index contributed by atoms with van der Waals surface area (Å²) >= 11 is 0. The van der Waals surface area contributed by atoms with E-state index in [9.17, 15) is 4.79 Å². The molecule has 6 nitrogen and oxygen atoms in total. The highest BCUT2D eigenvalue weighted by molar-refractivity contribution is 6.15. The van der Waals surface area contributed by atoms with Crippen molar-refractivity contribution in [3.8, 4) is 17.2 Å². The summed E-state index contributed by atoms with van der Waals surface area (Å²) in [5.41, 5.74) is 3.59. The summed E-state index contributed by atoms with van der Waals surface area (Å²) in [6.07, 6.45) is 2.50. The van der Waals surface area contributed by atoms with Crippen LogP contribution in [0.2, 0.25) is 0 Å². The first-order chi connectivity index (χ1) is 15.5. The SMILES string of the molecule is COc1ccccc1CCN1COc2c(cc3c(c2C)O/C(=C\c2ccc(C)o2)C3=O)C1. The molecule has 2 aromatic carbocycles. The molecule has 0 aliphatic carbocycles. The molecule has 3 aromatic rings. The van der Waals surface area contributed by atoms with Gasteiger partial charge >= 0.3 is 0 Å². The molecule has 32 heavy (non-hydrogen) atoms. The number of allylic oxidation sites excluding steroid dienone is 1. The summed E-state index contributed by atoms with van der Waals surface area (Å²) in [4.78, 5) is 15.2. The van der Waals surface area contributed by atoms with Crippen molar-refractivity contribution in [2.45, 2.75) is 26.8 Å². The predicted octanol–water partition coefficient (Wildman–Crippen LogP) is 4.92. The van der Waals surface area contributed by atoms with Crippen LogP contribution in [-0.2, 0) is 13.0 Å². The summed E-state index contributed by atoms with van der Waals surface area (Å²) in [5.74, 6) is 3.80. The molecule has 5 rings (SSSR count). The molecule has 2 aliphatic heterocycles. The maximum absolute atomic E-state index is 13.0. The number of carbonyl (C=O) groups excluding carboxylic acids is 1. The fourth-order valence-electron chi connectivity index (χ4n) is 4.29. The Hall–Kier alpha value is -3.51. The maximum Gasteiger partial charge on any atom is 0.232 e. The molecule has 1 aromatic heterocycles. The average molecular weight is 431 g/mol. The van der Waals surface area contributed by atoms with Gasteiger partial charge in [-0.05, 0) is 50.1 Å². The highest BCUT2D eigenvalue weighted by Crippen LogP contribution is 2.43. The smallest absolute Gasteiger partial charge is 0.232 e. The number of benzene rings is 2. The number of nitrogens with zero attached hydrogens (tertiary/aromatic N) is 1. The minimum Gasteiger partial charge on any atom is -0.496 e.